The standard InChI is InChI=1S/C11H12N2O3/c12-9(11(15)16)10(14)7-2-1-3-8-6(7)4-5-13-8/h1-5,9-10,13-14H,12H2,(H,15,16). The van der Waals surface area contributed by atoms with E-state index in [2.05, 4.69) is 4.98 Å². The molecule has 0 aliphatic rings. The van der Waals surface area contributed by atoms with E-state index in [-0.39, 0.29) is 0 Å². The van der Waals surface area contributed by atoms with Gasteiger partial charge in [-0.1, -0.05) is 12.1 Å². The van der Waals surface area contributed by atoms with Crippen LogP contribution in [0.3, 0.4) is 0 Å². The second-order valence-corrected chi connectivity index (χ2v) is 3.60. The molecular weight excluding hydrogens is 208 g/mol. The Morgan fingerprint density at radius 2 is 2.12 bits per heavy atom. The maximum absolute atomic E-state index is 10.7. The minimum absolute atomic E-state index is 0.522. The molecule has 0 fully saturated rings. The summed E-state index contributed by atoms with van der Waals surface area (Å²) in [6.07, 6.45) is 0.518. The largest absolute Gasteiger partial charge is 0.480 e. The quantitative estimate of drug-likeness (QED) is 0.609. The molecule has 2 unspecified atom stereocenters. The fourth-order valence-electron chi connectivity index (χ4n) is 1.70. The zero-order valence-corrected chi connectivity index (χ0v) is 8.42. The molecule has 5 N–H and O–H groups in total. The molecule has 0 aliphatic carbocycles. The molecule has 0 saturated heterocycles. The minimum Gasteiger partial charge on any atom is -0.480 e. The maximum Gasteiger partial charge on any atom is 0.323 e. The van der Waals surface area contributed by atoms with Gasteiger partial charge in [-0.2, -0.15) is 0 Å². The highest BCUT2D eigenvalue weighted by atomic mass is 16.4. The fourth-order valence-corrected chi connectivity index (χ4v) is 1.70. The summed E-state index contributed by atoms with van der Waals surface area (Å²) >= 11 is 0. The monoisotopic (exact) mass is 220 g/mol. The van der Waals surface area contributed by atoms with Crippen molar-refractivity contribution in [3.63, 3.8) is 0 Å². The van der Waals surface area contributed by atoms with Gasteiger partial charge in [-0.15, -0.1) is 0 Å². The molecule has 5 heteroatoms. The Balaban J connectivity index is 2.46. The first-order valence-electron chi connectivity index (χ1n) is 4.83. The number of rotatable bonds is 3. The van der Waals surface area contributed by atoms with Crippen LogP contribution in [0.25, 0.3) is 10.9 Å². The molecule has 2 atom stereocenters. The molecule has 1 aromatic heterocycles. The van der Waals surface area contributed by atoms with Crippen LogP contribution in [0.4, 0.5) is 0 Å². The number of nitrogens with one attached hydrogen (secondary N) is 1. The van der Waals surface area contributed by atoms with E-state index >= 15 is 0 Å². The molecule has 0 radical (unpaired) electrons. The Kier molecular flexibility index (Phi) is 2.64. The lowest BCUT2D eigenvalue weighted by molar-refractivity contribution is -0.141. The number of aromatic nitrogens is 1. The fraction of sp³-hybridized carbons (Fsp3) is 0.182. The predicted octanol–water partition coefficient (Wildman–Crippen LogP) is 0.613. The van der Waals surface area contributed by atoms with E-state index in [4.69, 9.17) is 10.8 Å². The van der Waals surface area contributed by atoms with Crippen LogP contribution in [-0.2, 0) is 4.79 Å². The van der Waals surface area contributed by atoms with E-state index in [1.165, 1.54) is 0 Å². The number of carbonyl (C=O) groups is 1. The van der Waals surface area contributed by atoms with Gasteiger partial charge >= 0.3 is 5.97 Å². The molecule has 0 bridgehead atoms. The van der Waals surface area contributed by atoms with Crippen molar-refractivity contribution in [1.82, 2.24) is 4.98 Å². The third-order valence-corrected chi connectivity index (χ3v) is 2.57. The zero-order valence-electron chi connectivity index (χ0n) is 8.42. The van der Waals surface area contributed by atoms with E-state index in [0.29, 0.717) is 5.56 Å². The van der Waals surface area contributed by atoms with Crippen LogP contribution in [-0.4, -0.2) is 27.2 Å². The topological polar surface area (TPSA) is 99.3 Å². The van der Waals surface area contributed by atoms with Crippen molar-refractivity contribution in [1.29, 1.82) is 0 Å². The average molecular weight is 220 g/mol. The van der Waals surface area contributed by atoms with E-state index in [0.717, 1.165) is 10.9 Å². The minimum atomic E-state index is -1.32. The van der Waals surface area contributed by atoms with Gasteiger partial charge in [0.25, 0.3) is 0 Å². The summed E-state index contributed by atoms with van der Waals surface area (Å²) in [5.74, 6) is -1.22. The number of aliphatic hydroxyl groups excluding tert-OH is 1. The highest BCUT2D eigenvalue weighted by molar-refractivity contribution is 5.84. The lowest BCUT2D eigenvalue weighted by atomic mass is 9.99. The van der Waals surface area contributed by atoms with E-state index in [1.807, 2.05) is 6.07 Å². The van der Waals surface area contributed by atoms with Crippen molar-refractivity contribution >= 4 is 16.9 Å². The Morgan fingerprint density at radius 1 is 1.38 bits per heavy atom. The summed E-state index contributed by atoms with van der Waals surface area (Å²) in [7, 11) is 0. The van der Waals surface area contributed by atoms with E-state index in [9.17, 15) is 9.90 Å². The number of carboxylic acids is 1. The Labute approximate surface area is 91.5 Å². The predicted molar refractivity (Wildman–Crippen MR) is 58.9 cm³/mol. The van der Waals surface area contributed by atoms with Gasteiger partial charge in [-0.3, -0.25) is 4.79 Å². The van der Waals surface area contributed by atoms with E-state index < -0.39 is 18.1 Å². The number of H-pyrrole nitrogens is 1. The smallest absolute Gasteiger partial charge is 0.323 e. The van der Waals surface area contributed by atoms with Gasteiger partial charge in [-0.25, -0.2) is 0 Å². The molecule has 0 saturated carbocycles. The van der Waals surface area contributed by atoms with Crippen LogP contribution < -0.4 is 5.73 Å². The maximum atomic E-state index is 10.7. The summed E-state index contributed by atoms with van der Waals surface area (Å²) in [6.45, 7) is 0. The summed E-state index contributed by atoms with van der Waals surface area (Å²) in [4.78, 5) is 13.7. The van der Waals surface area contributed by atoms with Crippen molar-refractivity contribution in [3.8, 4) is 0 Å². The number of hydrogen-bond acceptors (Lipinski definition) is 3. The SMILES string of the molecule is NC(C(=O)O)C(O)c1cccc2[nH]ccc12. The number of benzene rings is 1. The highest BCUT2D eigenvalue weighted by Gasteiger charge is 2.24. The Morgan fingerprint density at radius 3 is 2.81 bits per heavy atom. The summed E-state index contributed by atoms with van der Waals surface area (Å²) in [5, 5.41) is 19.4. The van der Waals surface area contributed by atoms with Gasteiger partial charge in [-0.05, 0) is 17.7 Å². The zero-order chi connectivity index (χ0) is 11.7. The number of aliphatic hydroxyl groups is 1. The lowest BCUT2D eigenvalue weighted by Crippen LogP contribution is -2.36. The number of nitrogens with two attached hydrogens (primary N) is 1. The van der Waals surface area contributed by atoms with Crippen molar-refractivity contribution in [2.24, 2.45) is 5.73 Å². The molecule has 1 aromatic carbocycles. The number of carboxylic acid groups (broad SMARTS) is 1. The van der Waals surface area contributed by atoms with Gasteiger partial charge in [0, 0.05) is 17.1 Å². The number of hydrogen-bond donors (Lipinski definition) is 4. The first-order chi connectivity index (χ1) is 7.61. The van der Waals surface area contributed by atoms with Crippen LogP contribution in [0.1, 0.15) is 11.7 Å². The van der Waals surface area contributed by atoms with Crippen molar-refractivity contribution in [3.05, 3.63) is 36.0 Å². The number of aliphatic carboxylic acids is 1. The molecule has 0 aliphatic heterocycles. The van der Waals surface area contributed by atoms with Crippen LogP contribution in [0.5, 0.6) is 0 Å². The van der Waals surface area contributed by atoms with Crippen molar-refractivity contribution in [2.75, 3.05) is 0 Å². The first kappa shape index (κ1) is 10.7. The van der Waals surface area contributed by atoms with Gasteiger partial charge in [0.1, 0.15) is 12.1 Å². The molecule has 84 valence electrons. The first-order valence-corrected chi connectivity index (χ1v) is 4.83. The normalized spacial score (nSPS) is 14.9. The molecule has 2 rings (SSSR count). The Bertz CT molecular complexity index is 521. The molecule has 5 nitrogen and oxygen atoms in total. The second kappa shape index (κ2) is 3.96. The number of fused-ring (bicyclic) bond motifs is 1. The van der Waals surface area contributed by atoms with Crippen LogP contribution in [0, 0.1) is 0 Å². The summed E-state index contributed by atoms with van der Waals surface area (Å²) in [5.41, 5.74) is 6.76. The van der Waals surface area contributed by atoms with Crippen LogP contribution in [0.15, 0.2) is 30.5 Å². The lowest BCUT2D eigenvalue weighted by Gasteiger charge is -2.16. The summed E-state index contributed by atoms with van der Waals surface area (Å²) < 4.78 is 0. The van der Waals surface area contributed by atoms with Gasteiger partial charge in [0.05, 0.1) is 0 Å². The molecule has 16 heavy (non-hydrogen) atoms. The molecule has 0 spiro atoms. The van der Waals surface area contributed by atoms with Crippen molar-refractivity contribution in [2.45, 2.75) is 12.1 Å². The number of aromatic amines is 1. The van der Waals surface area contributed by atoms with Gasteiger partial charge < -0.3 is 20.9 Å². The average Bonchev–Trinajstić information content (AvgIpc) is 2.74. The Hall–Kier alpha value is -1.85. The second-order valence-electron chi connectivity index (χ2n) is 3.60. The molecule has 0 amide bonds. The van der Waals surface area contributed by atoms with E-state index in [1.54, 1.807) is 24.4 Å². The highest BCUT2D eigenvalue weighted by Crippen LogP contribution is 2.25. The molecular formula is C11H12N2O3. The molecule has 2 aromatic rings. The third-order valence-electron chi connectivity index (χ3n) is 2.57. The van der Waals surface area contributed by atoms with Crippen molar-refractivity contribution < 1.29 is 15.0 Å². The summed E-state index contributed by atoms with van der Waals surface area (Å²) in [6, 6.07) is 5.72. The van der Waals surface area contributed by atoms with Crippen LogP contribution in [0.2, 0.25) is 0 Å². The van der Waals surface area contributed by atoms with Crippen LogP contribution >= 0.6 is 0 Å². The molecule has 1 heterocycles. The van der Waals surface area contributed by atoms with Gasteiger partial charge in [0.15, 0.2) is 0 Å². The third kappa shape index (κ3) is 1.66. The van der Waals surface area contributed by atoms with Gasteiger partial charge in [0.2, 0.25) is 0 Å².